The first-order valence-corrected chi connectivity index (χ1v) is 10.6. The summed E-state index contributed by atoms with van der Waals surface area (Å²) in [5.74, 6) is 1.20. The van der Waals surface area contributed by atoms with Crippen LogP contribution in [0.2, 0.25) is 0 Å². The summed E-state index contributed by atoms with van der Waals surface area (Å²) < 4.78 is 5.21. The van der Waals surface area contributed by atoms with Crippen LogP contribution in [0.15, 0.2) is 102 Å². The summed E-state index contributed by atoms with van der Waals surface area (Å²) in [7, 11) is 1.64. The predicted octanol–water partition coefficient (Wildman–Crippen LogP) is 3.39. The molecule has 4 N–H and O–H groups in total. The van der Waals surface area contributed by atoms with Gasteiger partial charge < -0.3 is 15.4 Å². The topological polar surface area (TPSA) is 86.8 Å². The number of carbonyl (C=O) groups is 1. The second kappa shape index (κ2) is 8.92. The first-order valence-electron chi connectivity index (χ1n) is 10.6. The van der Waals surface area contributed by atoms with Gasteiger partial charge in [-0.25, -0.2) is 4.99 Å². The Kier molecular flexibility index (Phi) is 5.51. The average molecular weight is 438 g/mol. The number of benzodiazepines with no additional fused rings is 1. The zero-order valence-corrected chi connectivity index (χ0v) is 18.0. The van der Waals surface area contributed by atoms with E-state index in [1.165, 1.54) is 0 Å². The van der Waals surface area contributed by atoms with Crippen LogP contribution in [-0.2, 0) is 4.79 Å². The van der Waals surface area contributed by atoms with E-state index in [0.29, 0.717) is 5.82 Å². The van der Waals surface area contributed by atoms with E-state index < -0.39 is 6.17 Å². The Morgan fingerprint density at radius 3 is 2.33 bits per heavy atom. The predicted molar refractivity (Wildman–Crippen MR) is 129 cm³/mol. The lowest BCUT2D eigenvalue weighted by atomic mass is 10.0. The number of hydrazine groups is 1. The Balaban J connectivity index is 1.42. The van der Waals surface area contributed by atoms with Crippen LogP contribution in [0.5, 0.6) is 5.75 Å². The molecule has 33 heavy (non-hydrogen) atoms. The number of methoxy groups -OCH3 is 1. The third-order valence-corrected chi connectivity index (χ3v) is 5.44. The summed E-state index contributed by atoms with van der Waals surface area (Å²) in [5.41, 5.74) is 11.5. The molecule has 7 heteroatoms. The normalized spacial score (nSPS) is 17.1. The molecule has 1 amide bonds. The number of hydrogen-bond acceptors (Lipinski definition) is 6. The van der Waals surface area contributed by atoms with Crippen molar-refractivity contribution in [3.05, 3.63) is 114 Å². The van der Waals surface area contributed by atoms with Crippen molar-refractivity contribution in [1.29, 1.82) is 0 Å². The molecule has 1 unspecified atom stereocenters. The number of nitrogens with zero attached hydrogens (tertiary/aromatic N) is 1. The average Bonchev–Trinajstić information content (AvgIpc) is 3.01. The number of para-hydroxylation sites is 1. The largest absolute Gasteiger partial charge is 0.497 e. The number of fused-ring (bicyclic) bond motifs is 1. The molecule has 3 aromatic carbocycles. The van der Waals surface area contributed by atoms with Gasteiger partial charge in [-0.15, -0.1) is 0 Å². The third kappa shape index (κ3) is 4.29. The Labute approximate surface area is 191 Å². The quantitative estimate of drug-likeness (QED) is 0.492. The first-order chi connectivity index (χ1) is 16.2. The Hall–Kier alpha value is -4.52. The molecule has 164 valence electrons. The van der Waals surface area contributed by atoms with Crippen molar-refractivity contribution >= 4 is 23.0 Å². The summed E-state index contributed by atoms with van der Waals surface area (Å²) in [6.45, 7) is 0. The summed E-state index contributed by atoms with van der Waals surface area (Å²) in [6, 6.07) is 25.3. The SMILES string of the molecule is COc1ccc(C2=CC=C(NC3N=C(c4ccccc4)c4ccccc4NC3=O)NN2)cc1. The minimum Gasteiger partial charge on any atom is -0.497 e. The number of ether oxygens (including phenoxy) is 1. The molecule has 2 aliphatic rings. The first kappa shape index (κ1) is 20.4. The van der Waals surface area contributed by atoms with Gasteiger partial charge in [-0.1, -0.05) is 48.5 Å². The van der Waals surface area contributed by atoms with Crippen molar-refractivity contribution < 1.29 is 9.53 Å². The van der Waals surface area contributed by atoms with Crippen LogP contribution in [0.25, 0.3) is 5.70 Å². The molecular weight excluding hydrogens is 414 g/mol. The summed E-state index contributed by atoms with van der Waals surface area (Å²) in [5, 5.41) is 6.18. The molecule has 0 saturated heterocycles. The number of rotatable bonds is 5. The van der Waals surface area contributed by atoms with Crippen LogP contribution < -0.4 is 26.2 Å². The molecule has 0 saturated carbocycles. The smallest absolute Gasteiger partial charge is 0.269 e. The summed E-state index contributed by atoms with van der Waals surface area (Å²) in [6.07, 6.45) is 2.99. The van der Waals surface area contributed by atoms with Crippen LogP contribution in [0.4, 0.5) is 5.69 Å². The van der Waals surface area contributed by atoms with E-state index in [-0.39, 0.29) is 5.91 Å². The second-order valence-electron chi connectivity index (χ2n) is 7.56. The summed E-state index contributed by atoms with van der Waals surface area (Å²) in [4.78, 5) is 17.8. The van der Waals surface area contributed by atoms with Gasteiger partial charge >= 0.3 is 0 Å². The standard InChI is InChI=1S/C26H23N5O2/c1-33-19-13-11-17(12-14-19)21-15-16-23(31-30-21)28-25-26(32)27-22-10-6-5-9-20(22)24(29-25)18-7-3-2-4-8-18/h2-16,25,28,30-31H,1H3,(H,27,32). The highest BCUT2D eigenvalue weighted by atomic mass is 16.5. The van der Waals surface area contributed by atoms with Gasteiger partial charge in [-0.05, 0) is 48.0 Å². The number of benzene rings is 3. The van der Waals surface area contributed by atoms with E-state index in [1.807, 2.05) is 91.0 Å². The second-order valence-corrected chi connectivity index (χ2v) is 7.56. The van der Waals surface area contributed by atoms with Crippen molar-refractivity contribution in [1.82, 2.24) is 16.2 Å². The van der Waals surface area contributed by atoms with Gasteiger partial charge in [0.1, 0.15) is 11.6 Å². The number of nitrogens with one attached hydrogen (secondary N) is 4. The number of allylic oxidation sites excluding steroid dienone is 2. The van der Waals surface area contributed by atoms with Crippen LogP contribution in [0.3, 0.4) is 0 Å². The van der Waals surface area contributed by atoms with E-state index >= 15 is 0 Å². The Bertz CT molecular complexity index is 1260. The van der Waals surface area contributed by atoms with E-state index in [4.69, 9.17) is 9.73 Å². The number of amides is 1. The minimum absolute atomic E-state index is 0.235. The maximum absolute atomic E-state index is 13.0. The van der Waals surface area contributed by atoms with E-state index in [9.17, 15) is 4.79 Å². The monoisotopic (exact) mass is 437 g/mol. The van der Waals surface area contributed by atoms with Crippen molar-refractivity contribution in [2.24, 2.45) is 4.99 Å². The van der Waals surface area contributed by atoms with E-state index in [1.54, 1.807) is 7.11 Å². The Morgan fingerprint density at radius 1 is 0.848 bits per heavy atom. The molecule has 0 bridgehead atoms. The summed E-state index contributed by atoms with van der Waals surface area (Å²) >= 11 is 0. The zero-order valence-electron chi connectivity index (χ0n) is 18.0. The van der Waals surface area contributed by atoms with Gasteiger partial charge in [0, 0.05) is 11.1 Å². The fraction of sp³-hybridized carbons (Fsp3) is 0.0769. The molecule has 5 rings (SSSR count). The number of aliphatic imine (C=N–C) groups is 1. The molecule has 0 spiro atoms. The highest BCUT2D eigenvalue weighted by Gasteiger charge is 2.26. The van der Waals surface area contributed by atoms with Gasteiger partial charge in [-0.2, -0.15) is 0 Å². The highest BCUT2D eigenvalue weighted by molar-refractivity contribution is 6.19. The third-order valence-electron chi connectivity index (χ3n) is 5.44. The van der Waals surface area contributed by atoms with Gasteiger partial charge in [0.2, 0.25) is 6.17 Å². The molecule has 3 aromatic rings. The van der Waals surface area contributed by atoms with Crippen LogP contribution in [-0.4, -0.2) is 24.9 Å². The molecule has 0 radical (unpaired) electrons. The molecule has 0 aliphatic carbocycles. The van der Waals surface area contributed by atoms with E-state index in [0.717, 1.165) is 39.5 Å². The van der Waals surface area contributed by atoms with Gasteiger partial charge in [-0.3, -0.25) is 15.6 Å². The fourth-order valence-electron chi connectivity index (χ4n) is 3.74. The zero-order chi connectivity index (χ0) is 22.6. The molecule has 2 aliphatic heterocycles. The fourth-order valence-corrected chi connectivity index (χ4v) is 3.74. The maximum atomic E-state index is 13.0. The Morgan fingerprint density at radius 2 is 1.61 bits per heavy atom. The number of carbonyl (C=O) groups excluding carboxylic acids is 1. The van der Waals surface area contributed by atoms with Crippen LogP contribution in [0.1, 0.15) is 16.7 Å². The van der Waals surface area contributed by atoms with Gasteiger partial charge in [0.05, 0.1) is 24.2 Å². The molecule has 0 aromatic heterocycles. The maximum Gasteiger partial charge on any atom is 0.269 e. The lowest BCUT2D eigenvalue weighted by Crippen LogP contribution is -2.45. The van der Waals surface area contributed by atoms with Gasteiger partial charge in [0.25, 0.3) is 5.91 Å². The lowest BCUT2D eigenvalue weighted by Gasteiger charge is -2.23. The molecule has 1 atom stereocenters. The van der Waals surface area contributed by atoms with Gasteiger partial charge in [0.15, 0.2) is 0 Å². The minimum atomic E-state index is -0.816. The molecular formula is C26H23N5O2. The number of anilines is 1. The molecule has 0 fully saturated rings. The van der Waals surface area contributed by atoms with Crippen LogP contribution >= 0.6 is 0 Å². The highest BCUT2D eigenvalue weighted by Crippen LogP contribution is 2.24. The number of hydrogen-bond donors (Lipinski definition) is 4. The molecule has 2 heterocycles. The van der Waals surface area contributed by atoms with Crippen LogP contribution in [0, 0.1) is 0 Å². The van der Waals surface area contributed by atoms with Crippen molar-refractivity contribution in [2.75, 3.05) is 12.4 Å². The molecule has 7 nitrogen and oxygen atoms in total. The van der Waals surface area contributed by atoms with E-state index in [2.05, 4.69) is 21.5 Å². The van der Waals surface area contributed by atoms with Crippen molar-refractivity contribution in [3.8, 4) is 5.75 Å². The lowest BCUT2D eigenvalue weighted by molar-refractivity contribution is -0.117. The van der Waals surface area contributed by atoms with Crippen molar-refractivity contribution in [3.63, 3.8) is 0 Å². The van der Waals surface area contributed by atoms with Crippen molar-refractivity contribution in [2.45, 2.75) is 6.17 Å².